The van der Waals surface area contributed by atoms with Crippen LogP contribution in [-0.2, 0) is 11.3 Å². The van der Waals surface area contributed by atoms with E-state index in [1.807, 2.05) is 13.0 Å². The Morgan fingerprint density at radius 3 is 2.78 bits per heavy atom. The van der Waals surface area contributed by atoms with Crippen LogP contribution in [0.3, 0.4) is 0 Å². The number of benzene rings is 1. The molecule has 5 nitrogen and oxygen atoms in total. The predicted octanol–water partition coefficient (Wildman–Crippen LogP) is 1.06. The molecule has 1 amide bonds. The van der Waals surface area contributed by atoms with Crippen molar-refractivity contribution in [1.82, 2.24) is 5.32 Å². The number of ether oxygens (including phenoxy) is 2. The van der Waals surface area contributed by atoms with Gasteiger partial charge in [-0.1, -0.05) is 13.0 Å². The largest absolute Gasteiger partial charge is 0.493 e. The maximum atomic E-state index is 11.4. The van der Waals surface area contributed by atoms with Crippen LogP contribution in [0.15, 0.2) is 18.2 Å². The Balaban J connectivity index is 2.62. The van der Waals surface area contributed by atoms with Crippen LogP contribution >= 0.6 is 0 Å². The zero-order valence-corrected chi connectivity index (χ0v) is 10.9. The number of hydrogen-bond acceptors (Lipinski definition) is 4. The minimum Gasteiger partial charge on any atom is -0.493 e. The summed E-state index contributed by atoms with van der Waals surface area (Å²) in [7, 11) is 1.56. The second-order valence-corrected chi connectivity index (χ2v) is 3.83. The maximum Gasteiger partial charge on any atom is 0.257 e. The molecule has 0 bridgehead atoms. The molecule has 0 fully saturated rings. The summed E-state index contributed by atoms with van der Waals surface area (Å²) in [6.45, 7) is 3.05. The zero-order valence-electron chi connectivity index (χ0n) is 10.9. The fourth-order valence-corrected chi connectivity index (χ4v) is 1.42. The molecule has 0 radical (unpaired) electrons. The number of amides is 1. The average Bonchev–Trinajstić information content (AvgIpc) is 2.42. The molecule has 0 heterocycles. The molecular weight excluding hydrogens is 232 g/mol. The molecule has 3 N–H and O–H groups in total. The van der Waals surface area contributed by atoms with E-state index >= 15 is 0 Å². The van der Waals surface area contributed by atoms with Crippen molar-refractivity contribution < 1.29 is 14.3 Å². The van der Waals surface area contributed by atoms with E-state index < -0.39 is 0 Å². The minimum absolute atomic E-state index is 0.0234. The summed E-state index contributed by atoms with van der Waals surface area (Å²) in [5, 5.41) is 2.74. The van der Waals surface area contributed by atoms with Crippen molar-refractivity contribution in [2.45, 2.75) is 19.9 Å². The van der Waals surface area contributed by atoms with Gasteiger partial charge in [-0.25, -0.2) is 0 Å². The number of nitrogens with two attached hydrogens (primary N) is 1. The molecule has 0 unspecified atom stereocenters. The van der Waals surface area contributed by atoms with Crippen LogP contribution in [0.4, 0.5) is 0 Å². The standard InChI is InChI=1S/C13H20N2O3/c1-3-6-15-13(16)9-18-12-7-10(8-14)4-5-11(12)17-2/h4-5,7H,3,6,8-9,14H2,1-2H3,(H,15,16). The van der Waals surface area contributed by atoms with E-state index in [4.69, 9.17) is 15.2 Å². The van der Waals surface area contributed by atoms with Crippen molar-refractivity contribution >= 4 is 5.91 Å². The average molecular weight is 252 g/mol. The molecule has 0 aliphatic carbocycles. The van der Waals surface area contributed by atoms with Gasteiger partial charge in [0.1, 0.15) is 0 Å². The van der Waals surface area contributed by atoms with Gasteiger partial charge in [0, 0.05) is 13.1 Å². The molecule has 0 saturated heterocycles. The Kier molecular flexibility index (Phi) is 6.00. The fraction of sp³-hybridized carbons (Fsp3) is 0.462. The number of methoxy groups -OCH3 is 1. The maximum absolute atomic E-state index is 11.4. The number of rotatable bonds is 7. The first-order valence-corrected chi connectivity index (χ1v) is 5.97. The van der Waals surface area contributed by atoms with Crippen LogP contribution in [0, 0.1) is 0 Å². The van der Waals surface area contributed by atoms with Crippen LogP contribution in [-0.4, -0.2) is 26.2 Å². The van der Waals surface area contributed by atoms with Crippen molar-refractivity contribution in [3.63, 3.8) is 0 Å². The Hall–Kier alpha value is -1.75. The highest BCUT2D eigenvalue weighted by Crippen LogP contribution is 2.27. The van der Waals surface area contributed by atoms with Gasteiger partial charge in [-0.15, -0.1) is 0 Å². The number of nitrogens with one attached hydrogen (secondary N) is 1. The van der Waals surface area contributed by atoms with Crippen LogP contribution in [0.5, 0.6) is 11.5 Å². The second kappa shape index (κ2) is 7.55. The summed E-state index contributed by atoms with van der Waals surface area (Å²) < 4.78 is 10.6. The summed E-state index contributed by atoms with van der Waals surface area (Å²) >= 11 is 0. The van der Waals surface area contributed by atoms with Gasteiger partial charge in [0.25, 0.3) is 5.91 Å². The monoisotopic (exact) mass is 252 g/mol. The predicted molar refractivity (Wildman–Crippen MR) is 69.7 cm³/mol. The number of carbonyl (C=O) groups excluding carboxylic acids is 1. The fourth-order valence-electron chi connectivity index (χ4n) is 1.42. The molecular formula is C13H20N2O3. The van der Waals surface area contributed by atoms with Crippen molar-refractivity contribution in [1.29, 1.82) is 0 Å². The SMILES string of the molecule is CCCNC(=O)COc1cc(CN)ccc1OC. The minimum atomic E-state index is -0.142. The van der Waals surface area contributed by atoms with Gasteiger partial charge < -0.3 is 20.5 Å². The lowest BCUT2D eigenvalue weighted by Gasteiger charge is -2.11. The van der Waals surface area contributed by atoms with E-state index in [9.17, 15) is 4.79 Å². The Bertz CT molecular complexity index is 394. The zero-order chi connectivity index (χ0) is 13.4. The van der Waals surface area contributed by atoms with E-state index in [0.29, 0.717) is 24.6 Å². The van der Waals surface area contributed by atoms with Crippen LogP contribution in [0.2, 0.25) is 0 Å². The van der Waals surface area contributed by atoms with Crippen molar-refractivity contribution in [3.8, 4) is 11.5 Å². The first-order valence-electron chi connectivity index (χ1n) is 5.97. The normalized spacial score (nSPS) is 9.94. The van der Waals surface area contributed by atoms with Crippen LogP contribution in [0.1, 0.15) is 18.9 Å². The summed E-state index contributed by atoms with van der Waals surface area (Å²) in [6.07, 6.45) is 0.901. The molecule has 1 aromatic rings. The summed E-state index contributed by atoms with van der Waals surface area (Å²) in [5.41, 5.74) is 6.49. The van der Waals surface area contributed by atoms with Crippen LogP contribution < -0.4 is 20.5 Å². The van der Waals surface area contributed by atoms with Gasteiger partial charge in [-0.3, -0.25) is 4.79 Å². The summed E-state index contributed by atoms with van der Waals surface area (Å²) in [4.78, 5) is 11.4. The molecule has 0 aliphatic heterocycles. The molecule has 1 rings (SSSR count). The van der Waals surface area contributed by atoms with Crippen molar-refractivity contribution in [2.24, 2.45) is 5.73 Å². The summed E-state index contributed by atoms with van der Waals surface area (Å²) in [5.74, 6) is 0.986. The topological polar surface area (TPSA) is 73.6 Å². The second-order valence-electron chi connectivity index (χ2n) is 3.83. The molecule has 100 valence electrons. The van der Waals surface area contributed by atoms with Gasteiger partial charge >= 0.3 is 0 Å². The smallest absolute Gasteiger partial charge is 0.257 e. The number of carbonyl (C=O) groups is 1. The van der Waals surface area contributed by atoms with E-state index in [2.05, 4.69) is 5.32 Å². The molecule has 5 heteroatoms. The van der Waals surface area contributed by atoms with Gasteiger partial charge in [0.15, 0.2) is 18.1 Å². The van der Waals surface area contributed by atoms with Crippen molar-refractivity contribution in [3.05, 3.63) is 23.8 Å². The first-order chi connectivity index (χ1) is 8.71. The van der Waals surface area contributed by atoms with Gasteiger partial charge in [0.05, 0.1) is 7.11 Å². The highest BCUT2D eigenvalue weighted by atomic mass is 16.5. The molecule has 18 heavy (non-hydrogen) atoms. The third-order valence-electron chi connectivity index (χ3n) is 2.39. The molecule has 1 aromatic carbocycles. The van der Waals surface area contributed by atoms with E-state index in [1.54, 1.807) is 19.2 Å². The first kappa shape index (κ1) is 14.3. The molecule has 0 atom stereocenters. The van der Waals surface area contributed by atoms with E-state index in [1.165, 1.54) is 0 Å². The number of hydrogen-bond donors (Lipinski definition) is 2. The van der Waals surface area contributed by atoms with Gasteiger partial charge in [0.2, 0.25) is 0 Å². The summed E-state index contributed by atoms with van der Waals surface area (Å²) in [6, 6.07) is 5.43. The highest BCUT2D eigenvalue weighted by Gasteiger charge is 2.07. The van der Waals surface area contributed by atoms with Crippen LogP contribution in [0.25, 0.3) is 0 Å². The quantitative estimate of drug-likeness (QED) is 0.761. The molecule has 0 spiro atoms. The Morgan fingerprint density at radius 2 is 2.17 bits per heavy atom. The Labute approximate surface area is 107 Å². The third kappa shape index (κ3) is 4.25. The lowest BCUT2D eigenvalue weighted by molar-refractivity contribution is -0.123. The lowest BCUT2D eigenvalue weighted by Crippen LogP contribution is -2.29. The molecule has 0 saturated carbocycles. The van der Waals surface area contributed by atoms with Gasteiger partial charge in [-0.05, 0) is 24.1 Å². The third-order valence-corrected chi connectivity index (χ3v) is 2.39. The van der Waals surface area contributed by atoms with E-state index in [0.717, 1.165) is 12.0 Å². The Morgan fingerprint density at radius 1 is 1.39 bits per heavy atom. The molecule has 0 aliphatic rings. The van der Waals surface area contributed by atoms with Gasteiger partial charge in [-0.2, -0.15) is 0 Å². The van der Waals surface area contributed by atoms with Crippen molar-refractivity contribution in [2.75, 3.05) is 20.3 Å². The van der Waals surface area contributed by atoms with E-state index in [-0.39, 0.29) is 12.5 Å². The molecule has 0 aromatic heterocycles. The lowest BCUT2D eigenvalue weighted by atomic mass is 10.2. The highest BCUT2D eigenvalue weighted by molar-refractivity contribution is 5.77.